The van der Waals surface area contributed by atoms with Crippen molar-refractivity contribution < 1.29 is 4.79 Å². The molecular formula is C23H23ClN6O. The maximum absolute atomic E-state index is 13.0. The van der Waals surface area contributed by atoms with E-state index in [1.807, 2.05) is 42.2 Å². The minimum absolute atomic E-state index is 0.0556. The highest BCUT2D eigenvalue weighted by molar-refractivity contribution is 6.31. The fraction of sp³-hybridized carbons (Fsp3) is 0.304. The predicted octanol–water partition coefficient (Wildman–Crippen LogP) is 3.45. The van der Waals surface area contributed by atoms with E-state index in [0.717, 1.165) is 58.2 Å². The summed E-state index contributed by atoms with van der Waals surface area (Å²) >= 11 is 6.15. The average Bonchev–Trinajstić information content (AvgIpc) is 3.44. The number of aryl methyl sites for hydroxylation is 1. The summed E-state index contributed by atoms with van der Waals surface area (Å²) in [5.41, 5.74) is 4.65. The molecule has 0 N–H and O–H groups in total. The number of fused-ring (bicyclic) bond motifs is 1. The zero-order chi connectivity index (χ0) is 21.4. The van der Waals surface area contributed by atoms with Gasteiger partial charge >= 0.3 is 0 Å². The van der Waals surface area contributed by atoms with Crippen LogP contribution >= 0.6 is 11.6 Å². The van der Waals surface area contributed by atoms with Crippen molar-refractivity contribution in [3.63, 3.8) is 0 Å². The first kappa shape index (κ1) is 19.8. The van der Waals surface area contributed by atoms with Gasteiger partial charge < -0.3 is 9.80 Å². The van der Waals surface area contributed by atoms with Crippen LogP contribution in [-0.4, -0.2) is 57.5 Å². The molecule has 0 unspecified atom stereocenters. The minimum Gasteiger partial charge on any atom is -0.368 e. The van der Waals surface area contributed by atoms with Crippen LogP contribution in [-0.2, 0) is 11.3 Å². The van der Waals surface area contributed by atoms with Crippen LogP contribution < -0.4 is 4.90 Å². The molecule has 7 nitrogen and oxygen atoms in total. The molecule has 0 saturated carbocycles. The molecule has 1 fully saturated rings. The first-order chi connectivity index (χ1) is 15.1. The van der Waals surface area contributed by atoms with E-state index in [9.17, 15) is 4.79 Å². The maximum Gasteiger partial charge on any atom is 0.244 e. The predicted molar refractivity (Wildman–Crippen MR) is 123 cm³/mol. The van der Waals surface area contributed by atoms with E-state index in [0.29, 0.717) is 13.1 Å². The Kier molecular flexibility index (Phi) is 5.19. The highest BCUT2D eigenvalue weighted by atomic mass is 35.5. The second kappa shape index (κ2) is 8.15. The van der Waals surface area contributed by atoms with Crippen LogP contribution in [0.2, 0.25) is 5.02 Å². The Morgan fingerprint density at radius 3 is 2.74 bits per heavy atom. The van der Waals surface area contributed by atoms with Gasteiger partial charge in [-0.2, -0.15) is 5.10 Å². The van der Waals surface area contributed by atoms with Crippen LogP contribution in [0.1, 0.15) is 17.7 Å². The van der Waals surface area contributed by atoms with Gasteiger partial charge in [-0.25, -0.2) is 9.67 Å². The first-order valence-corrected chi connectivity index (χ1v) is 10.8. The van der Waals surface area contributed by atoms with Gasteiger partial charge in [-0.15, -0.1) is 0 Å². The summed E-state index contributed by atoms with van der Waals surface area (Å²) in [4.78, 5) is 26.1. The molecule has 4 heterocycles. The standard InChI is InChI=1S/C23H23ClN6O/c1-16-14-17(6-7-19(16)24)28-10-12-29(13-11-28)21(31)15-30-23-18(4-2-9-26-23)22(27-30)20-5-3-8-25-20/h2-4,6-9,14H,5,10-13,15H2,1H3. The van der Waals surface area contributed by atoms with E-state index in [4.69, 9.17) is 16.7 Å². The lowest BCUT2D eigenvalue weighted by molar-refractivity contribution is -0.132. The van der Waals surface area contributed by atoms with Gasteiger partial charge in [-0.3, -0.25) is 9.79 Å². The number of halogens is 1. The van der Waals surface area contributed by atoms with E-state index >= 15 is 0 Å². The highest BCUT2D eigenvalue weighted by Crippen LogP contribution is 2.24. The summed E-state index contributed by atoms with van der Waals surface area (Å²) in [6, 6.07) is 9.95. The summed E-state index contributed by atoms with van der Waals surface area (Å²) in [6.45, 7) is 5.12. The molecule has 8 heteroatoms. The molecule has 31 heavy (non-hydrogen) atoms. The number of amides is 1. The largest absolute Gasteiger partial charge is 0.368 e. The van der Waals surface area contributed by atoms with Gasteiger partial charge in [0, 0.05) is 61.1 Å². The van der Waals surface area contributed by atoms with Crippen molar-refractivity contribution in [1.82, 2.24) is 19.7 Å². The average molecular weight is 435 g/mol. The molecule has 2 aliphatic rings. The third kappa shape index (κ3) is 3.81. The third-order valence-corrected chi connectivity index (χ3v) is 6.28. The van der Waals surface area contributed by atoms with Crippen LogP contribution in [0.15, 0.2) is 53.8 Å². The lowest BCUT2D eigenvalue weighted by Gasteiger charge is -2.36. The van der Waals surface area contributed by atoms with Gasteiger partial charge in [-0.05, 0) is 42.8 Å². The number of benzene rings is 1. The van der Waals surface area contributed by atoms with E-state index in [-0.39, 0.29) is 12.5 Å². The molecule has 158 valence electrons. The maximum atomic E-state index is 13.0. The molecule has 5 rings (SSSR count). The molecular weight excluding hydrogens is 412 g/mol. The van der Waals surface area contributed by atoms with Crippen molar-refractivity contribution >= 4 is 39.9 Å². The van der Waals surface area contributed by atoms with Crippen LogP contribution in [0, 0.1) is 6.92 Å². The van der Waals surface area contributed by atoms with Crippen molar-refractivity contribution in [2.75, 3.05) is 31.1 Å². The molecule has 0 aliphatic carbocycles. The topological polar surface area (TPSA) is 66.6 Å². The van der Waals surface area contributed by atoms with Crippen molar-refractivity contribution in [1.29, 1.82) is 0 Å². The summed E-state index contributed by atoms with van der Waals surface area (Å²) in [5, 5.41) is 6.41. The van der Waals surface area contributed by atoms with Gasteiger partial charge in [0.15, 0.2) is 5.65 Å². The van der Waals surface area contributed by atoms with Crippen LogP contribution in [0.3, 0.4) is 0 Å². The Morgan fingerprint density at radius 2 is 2.00 bits per heavy atom. The second-order valence-electron chi connectivity index (χ2n) is 7.85. The van der Waals surface area contributed by atoms with E-state index in [1.165, 1.54) is 0 Å². The molecule has 3 aromatic rings. The molecule has 0 radical (unpaired) electrons. The SMILES string of the molecule is Cc1cc(N2CCN(C(=O)Cn3nc(C4=NC=CC4)c4cccnc43)CC2)ccc1Cl. The first-order valence-electron chi connectivity index (χ1n) is 10.4. The zero-order valence-electron chi connectivity index (χ0n) is 17.3. The number of aromatic nitrogens is 3. The van der Waals surface area contributed by atoms with E-state index in [2.05, 4.69) is 20.9 Å². The Hall–Kier alpha value is -3.19. The van der Waals surface area contributed by atoms with Crippen molar-refractivity contribution in [2.45, 2.75) is 19.9 Å². The molecule has 0 bridgehead atoms. The fourth-order valence-electron chi connectivity index (χ4n) is 4.12. The Labute approximate surface area is 185 Å². The quantitative estimate of drug-likeness (QED) is 0.630. The van der Waals surface area contributed by atoms with Gasteiger partial charge in [0.1, 0.15) is 12.2 Å². The van der Waals surface area contributed by atoms with Crippen LogP contribution in [0.5, 0.6) is 0 Å². The molecule has 2 aromatic heterocycles. The molecule has 1 saturated heterocycles. The Bertz CT molecular complexity index is 1210. The summed E-state index contributed by atoms with van der Waals surface area (Å²) in [7, 11) is 0. The second-order valence-corrected chi connectivity index (χ2v) is 8.25. The highest BCUT2D eigenvalue weighted by Gasteiger charge is 2.24. The molecule has 1 aromatic carbocycles. The number of anilines is 1. The number of pyridine rings is 1. The number of aliphatic imine (C=N–C) groups is 1. The van der Waals surface area contributed by atoms with Crippen LogP contribution in [0.25, 0.3) is 11.0 Å². The summed E-state index contributed by atoms with van der Waals surface area (Å²) < 4.78 is 1.71. The van der Waals surface area contributed by atoms with E-state index in [1.54, 1.807) is 17.1 Å². The number of piperazine rings is 1. The Morgan fingerprint density at radius 1 is 1.16 bits per heavy atom. The molecule has 1 amide bonds. The number of hydrogen-bond donors (Lipinski definition) is 0. The molecule has 2 aliphatic heterocycles. The van der Waals surface area contributed by atoms with Crippen molar-refractivity contribution in [3.05, 3.63) is 65.1 Å². The summed E-state index contributed by atoms with van der Waals surface area (Å²) in [5.74, 6) is 0.0556. The lowest BCUT2D eigenvalue weighted by Crippen LogP contribution is -2.49. The molecule has 0 atom stereocenters. The van der Waals surface area contributed by atoms with Crippen molar-refractivity contribution in [3.8, 4) is 0 Å². The van der Waals surface area contributed by atoms with Gasteiger partial charge in [0.25, 0.3) is 0 Å². The molecule has 0 spiro atoms. The minimum atomic E-state index is 0.0556. The summed E-state index contributed by atoms with van der Waals surface area (Å²) in [6.07, 6.45) is 6.28. The van der Waals surface area contributed by atoms with Gasteiger partial charge in [-0.1, -0.05) is 17.7 Å². The van der Waals surface area contributed by atoms with Gasteiger partial charge in [0.05, 0.1) is 5.71 Å². The zero-order valence-corrected chi connectivity index (χ0v) is 18.1. The Balaban J connectivity index is 1.29. The number of carbonyl (C=O) groups is 1. The van der Waals surface area contributed by atoms with Gasteiger partial charge in [0.2, 0.25) is 5.91 Å². The van der Waals surface area contributed by atoms with Crippen molar-refractivity contribution in [2.24, 2.45) is 4.99 Å². The van der Waals surface area contributed by atoms with E-state index < -0.39 is 0 Å². The lowest BCUT2D eigenvalue weighted by atomic mass is 10.1. The smallest absolute Gasteiger partial charge is 0.244 e. The fourth-order valence-corrected chi connectivity index (χ4v) is 4.24. The number of hydrogen-bond acceptors (Lipinski definition) is 5. The van der Waals surface area contributed by atoms with Crippen LogP contribution in [0.4, 0.5) is 5.69 Å². The monoisotopic (exact) mass is 434 g/mol. The third-order valence-electron chi connectivity index (χ3n) is 5.85. The normalized spacial score (nSPS) is 16.3. The number of rotatable bonds is 4. The number of carbonyl (C=O) groups excluding carboxylic acids is 1. The number of allylic oxidation sites excluding steroid dienone is 1. The number of nitrogens with zero attached hydrogens (tertiary/aromatic N) is 6.